The van der Waals surface area contributed by atoms with Gasteiger partial charge in [0.2, 0.25) is 5.82 Å². The Morgan fingerprint density at radius 1 is 1.47 bits per heavy atom. The van der Waals surface area contributed by atoms with Crippen LogP contribution in [0.4, 0.5) is 11.5 Å². The van der Waals surface area contributed by atoms with Crippen LogP contribution in [0.3, 0.4) is 0 Å². The van der Waals surface area contributed by atoms with Gasteiger partial charge in [-0.25, -0.2) is 4.68 Å². The molecule has 0 radical (unpaired) electrons. The summed E-state index contributed by atoms with van der Waals surface area (Å²) >= 11 is 12.0. The van der Waals surface area contributed by atoms with Gasteiger partial charge in [0.25, 0.3) is 0 Å². The summed E-state index contributed by atoms with van der Waals surface area (Å²) in [6.45, 7) is 1.75. The Bertz CT molecular complexity index is 654. The van der Waals surface area contributed by atoms with Crippen molar-refractivity contribution in [1.82, 2.24) is 9.78 Å². The number of nitrogens with zero attached hydrogens (tertiary/aromatic N) is 3. The van der Waals surface area contributed by atoms with Crippen molar-refractivity contribution in [2.45, 2.75) is 13.5 Å². The molecule has 0 aliphatic carbocycles. The highest BCUT2D eigenvalue weighted by atomic mass is 35.5. The van der Waals surface area contributed by atoms with Crippen LogP contribution in [-0.2, 0) is 6.54 Å². The number of nitrogens with two attached hydrogens (primary N) is 1. The van der Waals surface area contributed by atoms with Gasteiger partial charge in [-0.2, -0.15) is 5.10 Å². The first-order chi connectivity index (χ1) is 8.91. The lowest BCUT2D eigenvalue weighted by Crippen LogP contribution is -2.07. The Balaban J connectivity index is 2.42. The number of rotatable bonds is 3. The third-order valence-corrected chi connectivity index (χ3v) is 3.53. The van der Waals surface area contributed by atoms with Crippen LogP contribution in [0.15, 0.2) is 18.2 Å². The zero-order valence-electron chi connectivity index (χ0n) is 9.93. The summed E-state index contributed by atoms with van der Waals surface area (Å²) in [5, 5.41) is 15.7. The molecule has 2 rings (SSSR count). The zero-order chi connectivity index (χ0) is 14.2. The first-order valence-electron chi connectivity index (χ1n) is 5.32. The second-order valence-electron chi connectivity index (χ2n) is 3.95. The van der Waals surface area contributed by atoms with Crippen LogP contribution in [0.1, 0.15) is 11.3 Å². The molecule has 19 heavy (non-hydrogen) atoms. The van der Waals surface area contributed by atoms with Crippen LogP contribution < -0.4 is 5.73 Å². The number of nitro groups is 1. The minimum atomic E-state index is -0.548. The molecule has 0 amide bonds. The maximum absolute atomic E-state index is 10.9. The topological polar surface area (TPSA) is 87.0 Å². The number of anilines is 1. The number of aromatic nitrogens is 2. The van der Waals surface area contributed by atoms with Gasteiger partial charge >= 0.3 is 5.69 Å². The number of halogens is 2. The molecule has 0 aliphatic heterocycles. The summed E-state index contributed by atoms with van der Waals surface area (Å²) in [6.07, 6.45) is 0. The van der Waals surface area contributed by atoms with Crippen LogP contribution in [0.25, 0.3) is 0 Å². The highest BCUT2D eigenvalue weighted by Crippen LogP contribution is 2.29. The van der Waals surface area contributed by atoms with E-state index in [4.69, 9.17) is 28.9 Å². The summed E-state index contributed by atoms with van der Waals surface area (Å²) in [6, 6.07) is 5.16. The van der Waals surface area contributed by atoms with Gasteiger partial charge in [0.15, 0.2) is 0 Å². The minimum absolute atomic E-state index is 0.00135. The van der Waals surface area contributed by atoms with E-state index in [0.717, 1.165) is 0 Å². The van der Waals surface area contributed by atoms with Crippen molar-refractivity contribution in [3.05, 3.63) is 49.6 Å². The number of aryl methyl sites for hydroxylation is 1. The van der Waals surface area contributed by atoms with Crippen LogP contribution in [0.5, 0.6) is 0 Å². The fourth-order valence-corrected chi connectivity index (χ4v) is 2.15. The van der Waals surface area contributed by atoms with Gasteiger partial charge in [-0.3, -0.25) is 10.1 Å². The van der Waals surface area contributed by atoms with Crippen molar-refractivity contribution < 1.29 is 4.92 Å². The van der Waals surface area contributed by atoms with Gasteiger partial charge in [-0.1, -0.05) is 35.3 Å². The fraction of sp³-hybridized carbons (Fsp3) is 0.182. The molecule has 0 unspecified atom stereocenters. The highest BCUT2D eigenvalue weighted by Gasteiger charge is 2.23. The molecule has 0 saturated carbocycles. The number of nitrogen functional groups attached to an aromatic ring is 1. The van der Waals surface area contributed by atoms with Gasteiger partial charge in [-0.15, -0.1) is 0 Å². The first kappa shape index (κ1) is 13.6. The predicted molar refractivity (Wildman–Crippen MR) is 73.6 cm³/mol. The molecule has 0 bridgehead atoms. The van der Waals surface area contributed by atoms with Crippen molar-refractivity contribution in [3.63, 3.8) is 0 Å². The lowest BCUT2D eigenvalue weighted by molar-refractivity contribution is -0.384. The average Bonchev–Trinajstić information content (AvgIpc) is 2.60. The number of hydrogen-bond donors (Lipinski definition) is 1. The standard InChI is InChI=1S/C11H10Cl2N4O2/c1-6-10(17(18)19)11(14)16(15-6)5-7-3-2-4-8(12)9(7)13/h2-4H,5,14H2,1H3. The SMILES string of the molecule is Cc1nn(Cc2cccc(Cl)c2Cl)c(N)c1[N+](=O)[O-]. The molecule has 0 saturated heterocycles. The lowest BCUT2D eigenvalue weighted by Gasteiger charge is -2.06. The zero-order valence-corrected chi connectivity index (χ0v) is 11.4. The summed E-state index contributed by atoms with van der Waals surface area (Å²) in [5.41, 5.74) is 6.50. The van der Waals surface area contributed by atoms with E-state index < -0.39 is 4.92 Å². The van der Waals surface area contributed by atoms with E-state index in [2.05, 4.69) is 5.10 Å². The molecule has 2 N–H and O–H groups in total. The molecule has 1 aromatic carbocycles. The first-order valence-corrected chi connectivity index (χ1v) is 6.07. The molecular formula is C11H10Cl2N4O2. The average molecular weight is 301 g/mol. The molecular weight excluding hydrogens is 291 g/mol. The quantitative estimate of drug-likeness (QED) is 0.697. The van der Waals surface area contributed by atoms with E-state index in [1.165, 1.54) is 11.6 Å². The van der Waals surface area contributed by atoms with E-state index in [1.54, 1.807) is 18.2 Å². The summed E-state index contributed by atoms with van der Waals surface area (Å²) in [7, 11) is 0. The maximum atomic E-state index is 10.9. The molecule has 0 aliphatic rings. The summed E-state index contributed by atoms with van der Waals surface area (Å²) in [5.74, 6) is -0.00135. The molecule has 2 aromatic rings. The molecule has 6 nitrogen and oxygen atoms in total. The van der Waals surface area contributed by atoms with Crippen LogP contribution in [0.2, 0.25) is 10.0 Å². The van der Waals surface area contributed by atoms with E-state index in [9.17, 15) is 10.1 Å². The lowest BCUT2D eigenvalue weighted by atomic mass is 10.2. The molecule has 1 heterocycles. The van der Waals surface area contributed by atoms with Gasteiger partial charge in [0, 0.05) is 0 Å². The van der Waals surface area contributed by atoms with Gasteiger partial charge in [0.05, 0.1) is 21.5 Å². The van der Waals surface area contributed by atoms with Crippen molar-refractivity contribution >= 4 is 34.7 Å². The highest BCUT2D eigenvalue weighted by molar-refractivity contribution is 6.42. The Morgan fingerprint density at radius 3 is 2.74 bits per heavy atom. The second-order valence-corrected chi connectivity index (χ2v) is 4.73. The summed E-state index contributed by atoms with van der Waals surface area (Å²) < 4.78 is 1.34. The van der Waals surface area contributed by atoms with E-state index >= 15 is 0 Å². The largest absolute Gasteiger partial charge is 0.378 e. The van der Waals surface area contributed by atoms with E-state index in [1.807, 2.05) is 0 Å². The third kappa shape index (κ3) is 2.50. The number of benzene rings is 1. The third-order valence-electron chi connectivity index (χ3n) is 2.67. The Hall–Kier alpha value is -1.79. The Kier molecular flexibility index (Phi) is 3.64. The fourth-order valence-electron chi connectivity index (χ4n) is 1.77. The van der Waals surface area contributed by atoms with Crippen LogP contribution >= 0.6 is 23.2 Å². The van der Waals surface area contributed by atoms with E-state index in [-0.39, 0.29) is 23.7 Å². The minimum Gasteiger partial charge on any atom is -0.378 e. The predicted octanol–water partition coefficient (Wildman–Crippen LogP) is 3.04. The summed E-state index contributed by atoms with van der Waals surface area (Å²) in [4.78, 5) is 10.3. The Morgan fingerprint density at radius 2 is 2.16 bits per heavy atom. The van der Waals surface area contributed by atoms with E-state index in [0.29, 0.717) is 15.6 Å². The molecule has 1 aromatic heterocycles. The van der Waals surface area contributed by atoms with Gasteiger partial charge in [0.1, 0.15) is 5.69 Å². The molecule has 0 fully saturated rings. The monoisotopic (exact) mass is 300 g/mol. The smallest absolute Gasteiger partial charge is 0.333 e. The van der Waals surface area contributed by atoms with Crippen LogP contribution in [0, 0.1) is 17.0 Å². The maximum Gasteiger partial charge on any atom is 0.333 e. The molecule has 8 heteroatoms. The van der Waals surface area contributed by atoms with Gasteiger partial charge < -0.3 is 5.73 Å². The van der Waals surface area contributed by atoms with Crippen molar-refractivity contribution in [3.8, 4) is 0 Å². The number of hydrogen-bond acceptors (Lipinski definition) is 4. The van der Waals surface area contributed by atoms with Crippen molar-refractivity contribution in [2.75, 3.05) is 5.73 Å². The van der Waals surface area contributed by atoms with Crippen LogP contribution in [-0.4, -0.2) is 14.7 Å². The Labute approximate surface area is 118 Å². The van der Waals surface area contributed by atoms with Crippen molar-refractivity contribution in [2.24, 2.45) is 0 Å². The molecule has 0 atom stereocenters. The second kappa shape index (κ2) is 5.07. The molecule has 100 valence electrons. The molecule has 0 spiro atoms. The van der Waals surface area contributed by atoms with Crippen molar-refractivity contribution in [1.29, 1.82) is 0 Å². The normalized spacial score (nSPS) is 10.7. The van der Waals surface area contributed by atoms with Gasteiger partial charge in [-0.05, 0) is 18.6 Å².